The number of benzene rings is 3. The van der Waals surface area contributed by atoms with Gasteiger partial charge < -0.3 is 20.1 Å². The van der Waals surface area contributed by atoms with Gasteiger partial charge in [0.1, 0.15) is 5.75 Å². The van der Waals surface area contributed by atoms with Crippen molar-refractivity contribution in [2.45, 2.75) is 13.0 Å². The predicted octanol–water partition coefficient (Wildman–Crippen LogP) is 4.27. The number of nitrogens with zero attached hydrogens (tertiary/aromatic N) is 1. The molecule has 0 bridgehead atoms. The van der Waals surface area contributed by atoms with Crippen LogP contribution >= 0.6 is 0 Å². The molecular weight excluding hydrogens is 430 g/mol. The minimum Gasteiger partial charge on any atom is -0.495 e. The van der Waals surface area contributed by atoms with E-state index in [1.165, 1.54) is 7.11 Å². The van der Waals surface area contributed by atoms with Crippen molar-refractivity contribution >= 4 is 23.2 Å². The van der Waals surface area contributed by atoms with Crippen LogP contribution in [-0.4, -0.2) is 56.2 Å². The van der Waals surface area contributed by atoms with E-state index in [2.05, 4.69) is 15.5 Å². The van der Waals surface area contributed by atoms with Crippen molar-refractivity contribution in [3.63, 3.8) is 0 Å². The number of hydrogen-bond acceptors (Lipinski definition) is 5. The van der Waals surface area contributed by atoms with Gasteiger partial charge in [-0.2, -0.15) is 0 Å². The van der Waals surface area contributed by atoms with E-state index in [1.54, 1.807) is 18.2 Å². The summed E-state index contributed by atoms with van der Waals surface area (Å²) >= 11 is 0. The highest BCUT2D eigenvalue weighted by atomic mass is 16.5. The Morgan fingerprint density at radius 3 is 2.26 bits per heavy atom. The topological polar surface area (TPSA) is 79.9 Å². The first kappa shape index (κ1) is 23.5. The van der Waals surface area contributed by atoms with Crippen molar-refractivity contribution in [1.29, 1.82) is 0 Å². The van der Waals surface area contributed by atoms with Gasteiger partial charge >= 0.3 is 0 Å². The molecule has 1 atom stereocenters. The van der Waals surface area contributed by atoms with Crippen molar-refractivity contribution in [2.24, 2.45) is 0 Å². The summed E-state index contributed by atoms with van der Waals surface area (Å²) < 4.78 is 10.8. The zero-order valence-electron chi connectivity index (χ0n) is 19.4. The maximum Gasteiger partial charge on any atom is 0.255 e. The molecule has 1 heterocycles. The van der Waals surface area contributed by atoms with Crippen LogP contribution < -0.4 is 15.4 Å². The standard InChI is InChI=1S/C27H29N3O4/c1-19(30-14-16-34-17-15-30)26(31)29-24-18-22(10-13-25(24)33-2)27(32)28-23-11-8-21(9-12-23)20-6-4-3-5-7-20/h3-13,18-19H,14-17H2,1-2H3,(H,28,32)(H,29,31)/t19-/m1/s1. The number of rotatable bonds is 7. The number of morpholine rings is 1. The van der Waals surface area contributed by atoms with Crippen molar-refractivity contribution in [2.75, 3.05) is 44.0 Å². The van der Waals surface area contributed by atoms with Crippen molar-refractivity contribution in [3.05, 3.63) is 78.4 Å². The van der Waals surface area contributed by atoms with Gasteiger partial charge in [0.2, 0.25) is 5.91 Å². The molecule has 1 aliphatic heterocycles. The van der Waals surface area contributed by atoms with Gasteiger partial charge in [-0.15, -0.1) is 0 Å². The number of hydrogen-bond donors (Lipinski definition) is 2. The Balaban J connectivity index is 1.45. The zero-order valence-corrected chi connectivity index (χ0v) is 19.4. The van der Waals surface area contributed by atoms with Crippen LogP contribution in [0, 0.1) is 0 Å². The summed E-state index contributed by atoms with van der Waals surface area (Å²) in [7, 11) is 1.53. The normalized spacial score (nSPS) is 14.8. The molecule has 0 aliphatic carbocycles. The van der Waals surface area contributed by atoms with E-state index in [1.807, 2.05) is 61.5 Å². The van der Waals surface area contributed by atoms with Gasteiger partial charge in [0.25, 0.3) is 5.91 Å². The smallest absolute Gasteiger partial charge is 0.255 e. The van der Waals surface area contributed by atoms with Gasteiger partial charge in [0, 0.05) is 24.3 Å². The molecule has 3 aromatic rings. The first-order chi connectivity index (χ1) is 16.5. The van der Waals surface area contributed by atoms with Gasteiger partial charge in [0.05, 0.1) is 32.1 Å². The Morgan fingerprint density at radius 2 is 1.59 bits per heavy atom. The van der Waals surface area contributed by atoms with E-state index in [0.29, 0.717) is 49.0 Å². The van der Waals surface area contributed by atoms with Gasteiger partial charge in [-0.05, 0) is 48.4 Å². The molecule has 0 aromatic heterocycles. The lowest BCUT2D eigenvalue weighted by molar-refractivity contribution is -0.122. The van der Waals surface area contributed by atoms with Crippen LogP contribution in [0.4, 0.5) is 11.4 Å². The minimum atomic E-state index is -0.325. The fourth-order valence-electron chi connectivity index (χ4n) is 3.89. The molecule has 7 nitrogen and oxygen atoms in total. The van der Waals surface area contributed by atoms with E-state index in [-0.39, 0.29) is 17.9 Å². The van der Waals surface area contributed by atoms with Gasteiger partial charge in [-0.25, -0.2) is 0 Å². The van der Waals surface area contributed by atoms with Crippen LogP contribution in [0.15, 0.2) is 72.8 Å². The van der Waals surface area contributed by atoms with Crippen molar-refractivity contribution < 1.29 is 19.1 Å². The summed E-state index contributed by atoms with van der Waals surface area (Å²) in [6.45, 7) is 4.50. The molecule has 2 N–H and O–H groups in total. The van der Waals surface area contributed by atoms with Gasteiger partial charge in [-0.1, -0.05) is 42.5 Å². The average molecular weight is 460 g/mol. The van der Waals surface area contributed by atoms with Crippen LogP contribution in [0.1, 0.15) is 17.3 Å². The quantitative estimate of drug-likeness (QED) is 0.552. The summed E-state index contributed by atoms with van der Waals surface area (Å²) in [5.41, 5.74) is 3.75. The van der Waals surface area contributed by atoms with Crippen LogP contribution in [0.3, 0.4) is 0 Å². The lowest BCUT2D eigenvalue weighted by Crippen LogP contribution is -2.47. The number of amides is 2. The number of carbonyl (C=O) groups excluding carboxylic acids is 2. The maximum atomic E-state index is 12.9. The molecule has 2 amide bonds. The van der Waals surface area contributed by atoms with Crippen LogP contribution in [0.2, 0.25) is 0 Å². The summed E-state index contributed by atoms with van der Waals surface area (Å²) in [6.07, 6.45) is 0. The van der Waals surface area contributed by atoms with Gasteiger partial charge in [-0.3, -0.25) is 14.5 Å². The molecule has 0 saturated carbocycles. The Bertz CT molecular complexity index is 1130. The Labute approximate surface area is 199 Å². The molecule has 0 unspecified atom stereocenters. The second-order valence-electron chi connectivity index (χ2n) is 8.13. The molecule has 34 heavy (non-hydrogen) atoms. The van der Waals surface area contributed by atoms with E-state index < -0.39 is 0 Å². The third-order valence-electron chi connectivity index (χ3n) is 5.94. The Kier molecular flexibility index (Phi) is 7.57. The second-order valence-corrected chi connectivity index (χ2v) is 8.13. The van der Waals surface area contributed by atoms with Crippen molar-refractivity contribution in [1.82, 2.24) is 4.90 Å². The summed E-state index contributed by atoms with van der Waals surface area (Å²) in [6, 6.07) is 22.4. The van der Waals surface area contributed by atoms with E-state index in [4.69, 9.17) is 9.47 Å². The number of methoxy groups -OCH3 is 1. The molecule has 0 radical (unpaired) electrons. The highest BCUT2D eigenvalue weighted by Crippen LogP contribution is 2.27. The average Bonchev–Trinajstić information content (AvgIpc) is 2.89. The lowest BCUT2D eigenvalue weighted by atomic mass is 10.1. The molecule has 1 saturated heterocycles. The maximum absolute atomic E-state index is 12.9. The van der Waals surface area contributed by atoms with Gasteiger partial charge in [0.15, 0.2) is 0 Å². The molecule has 1 aliphatic rings. The van der Waals surface area contributed by atoms with Crippen LogP contribution in [-0.2, 0) is 9.53 Å². The first-order valence-corrected chi connectivity index (χ1v) is 11.3. The number of ether oxygens (including phenoxy) is 2. The fraction of sp³-hybridized carbons (Fsp3) is 0.259. The van der Waals surface area contributed by atoms with Crippen molar-refractivity contribution in [3.8, 4) is 16.9 Å². The molecular formula is C27H29N3O4. The second kappa shape index (κ2) is 11.0. The molecule has 0 spiro atoms. The summed E-state index contributed by atoms with van der Waals surface area (Å²) in [4.78, 5) is 27.8. The zero-order chi connectivity index (χ0) is 23.9. The Hall–Kier alpha value is -3.68. The number of anilines is 2. The minimum absolute atomic E-state index is 0.158. The monoisotopic (exact) mass is 459 g/mol. The molecule has 4 rings (SSSR count). The van der Waals surface area contributed by atoms with Crippen LogP contribution in [0.5, 0.6) is 5.75 Å². The third kappa shape index (κ3) is 5.62. The molecule has 3 aromatic carbocycles. The highest BCUT2D eigenvalue weighted by molar-refractivity contribution is 6.06. The highest BCUT2D eigenvalue weighted by Gasteiger charge is 2.24. The predicted molar refractivity (Wildman–Crippen MR) is 133 cm³/mol. The fourth-order valence-corrected chi connectivity index (χ4v) is 3.89. The largest absolute Gasteiger partial charge is 0.495 e. The third-order valence-corrected chi connectivity index (χ3v) is 5.94. The van der Waals surface area contributed by atoms with Crippen LogP contribution in [0.25, 0.3) is 11.1 Å². The summed E-state index contributed by atoms with van der Waals surface area (Å²) in [5, 5.41) is 5.83. The number of carbonyl (C=O) groups is 2. The molecule has 176 valence electrons. The lowest BCUT2D eigenvalue weighted by Gasteiger charge is -2.31. The molecule has 7 heteroatoms. The Morgan fingerprint density at radius 1 is 0.912 bits per heavy atom. The van der Waals surface area contributed by atoms with E-state index in [0.717, 1.165) is 11.1 Å². The number of nitrogens with one attached hydrogen (secondary N) is 2. The first-order valence-electron chi connectivity index (χ1n) is 11.3. The summed E-state index contributed by atoms with van der Waals surface area (Å²) in [5.74, 6) is 0.0624. The SMILES string of the molecule is COc1ccc(C(=O)Nc2ccc(-c3ccccc3)cc2)cc1NC(=O)[C@@H](C)N1CCOCC1. The molecule has 1 fully saturated rings. The van der Waals surface area contributed by atoms with E-state index >= 15 is 0 Å². The van der Waals surface area contributed by atoms with E-state index in [9.17, 15) is 9.59 Å².